The van der Waals surface area contributed by atoms with Crippen molar-refractivity contribution < 1.29 is 14.3 Å². The van der Waals surface area contributed by atoms with Crippen molar-refractivity contribution in [2.24, 2.45) is 0 Å². The van der Waals surface area contributed by atoms with Gasteiger partial charge in [0.15, 0.2) is 0 Å². The van der Waals surface area contributed by atoms with Crippen molar-refractivity contribution in [2.75, 3.05) is 18.6 Å². The summed E-state index contributed by atoms with van der Waals surface area (Å²) in [5.41, 5.74) is 3.98. The molecule has 0 bridgehead atoms. The molecule has 0 fully saturated rings. The van der Waals surface area contributed by atoms with Crippen molar-refractivity contribution in [3.05, 3.63) is 59.4 Å². The highest BCUT2D eigenvalue weighted by Gasteiger charge is 2.25. The number of nitrogens with zero attached hydrogens (tertiary/aromatic N) is 2. The number of aromatic nitrogens is 2. The first-order valence-corrected chi connectivity index (χ1v) is 8.15. The number of fused-ring (bicyclic) bond motifs is 2. The van der Waals surface area contributed by atoms with Crippen LogP contribution in [0.5, 0.6) is 0 Å². The van der Waals surface area contributed by atoms with Crippen LogP contribution in [0.25, 0.3) is 11.0 Å². The molecule has 1 aromatic carbocycles. The van der Waals surface area contributed by atoms with Gasteiger partial charge in [-0.05, 0) is 36.6 Å². The number of hydrogen-bond donors (Lipinski definition) is 1. The average Bonchev–Trinajstić information content (AvgIpc) is 3.10. The van der Waals surface area contributed by atoms with Crippen molar-refractivity contribution >= 4 is 28.6 Å². The number of carbonyl (C=O) groups excluding carboxylic acids is 2. The predicted molar refractivity (Wildman–Crippen MR) is 93.9 cm³/mol. The molecule has 0 radical (unpaired) electrons. The SMILES string of the molecule is COC(=O)c1ccnc2cc(C(=O)N3CCCc4ccccc43)[nH]c12. The molecule has 126 valence electrons. The highest BCUT2D eigenvalue weighted by Crippen LogP contribution is 2.28. The van der Waals surface area contributed by atoms with Crippen LogP contribution >= 0.6 is 0 Å². The van der Waals surface area contributed by atoms with Crippen LogP contribution in [0.2, 0.25) is 0 Å². The van der Waals surface area contributed by atoms with E-state index in [9.17, 15) is 9.59 Å². The fourth-order valence-electron chi connectivity index (χ4n) is 3.31. The number of aryl methyl sites for hydroxylation is 1. The molecule has 6 heteroatoms. The number of aromatic amines is 1. The molecular weight excluding hydrogens is 318 g/mol. The van der Waals surface area contributed by atoms with E-state index in [1.807, 2.05) is 18.2 Å². The zero-order chi connectivity index (χ0) is 17.4. The molecule has 3 aromatic rings. The second-order valence-electron chi connectivity index (χ2n) is 5.98. The Balaban J connectivity index is 1.76. The summed E-state index contributed by atoms with van der Waals surface area (Å²) in [6.45, 7) is 0.669. The molecule has 0 aliphatic carbocycles. The van der Waals surface area contributed by atoms with E-state index < -0.39 is 5.97 Å². The molecule has 0 spiro atoms. The number of benzene rings is 1. The van der Waals surface area contributed by atoms with Crippen molar-refractivity contribution in [2.45, 2.75) is 12.8 Å². The van der Waals surface area contributed by atoms with Crippen LogP contribution < -0.4 is 4.90 Å². The maximum Gasteiger partial charge on any atom is 0.340 e. The van der Waals surface area contributed by atoms with Gasteiger partial charge in [0.2, 0.25) is 0 Å². The molecule has 1 N–H and O–H groups in total. The minimum Gasteiger partial charge on any atom is -0.465 e. The predicted octanol–water partition coefficient (Wildman–Crippen LogP) is 2.94. The first kappa shape index (κ1) is 15.4. The second kappa shape index (κ2) is 6.05. The molecule has 2 aromatic heterocycles. The number of nitrogens with one attached hydrogen (secondary N) is 1. The smallest absolute Gasteiger partial charge is 0.340 e. The normalized spacial score (nSPS) is 13.6. The lowest BCUT2D eigenvalue weighted by molar-refractivity contribution is 0.0602. The summed E-state index contributed by atoms with van der Waals surface area (Å²) in [5, 5.41) is 0. The van der Waals surface area contributed by atoms with E-state index in [1.165, 1.54) is 18.9 Å². The number of methoxy groups -OCH3 is 1. The zero-order valence-electron chi connectivity index (χ0n) is 13.8. The van der Waals surface area contributed by atoms with E-state index >= 15 is 0 Å². The number of para-hydroxylation sites is 1. The number of ether oxygens (including phenoxy) is 1. The van der Waals surface area contributed by atoms with Crippen LogP contribution in [0.3, 0.4) is 0 Å². The van der Waals surface area contributed by atoms with Gasteiger partial charge in [-0.25, -0.2) is 4.79 Å². The van der Waals surface area contributed by atoms with Gasteiger partial charge in [-0.1, -0.05) is 18.2 Å². The Labute approximate surface area is 144 Å². The molecule has 1 aliphatic rings. The van der Waals surface area contributed by atoms with Crippen LogP contribution in [0, 0.1) is 0 Å². The van der Waals surface area contributed by atoms with E-state index in [0.29, 0.717) is 28.8 Å². The third-order valence-corrected chi connectivity index (χ3v) is 4.51. The number of amides is 1. The molecule has 4 rings (SSSR count). The minimum atomic E-state index is -0.462. The van der Waals surface area contributed by atoms with Gasteiger partial charge >= 0.3 is 5.97 Å². The average molecular weight is 335 g/mol. The zero-order valence-corrected chi connectivity index (χ0v) is 13.8. The lowest BCUT2D eigenvalue weighted by Crippen LogP contribution is -2.35. The van der Waals surface area contributed by atoms with E-state index in [2.05, 4.69) is 16.0 Å². The summed E-state index contributed by atoms with van der Waals surface area (Å²) in [4.78, 5) is 34.0. The van der Waals surface area contributed by atoms with E-state index in [0.717, 1.165) is 18.5 Å². The summed E-state index contributed by atoms with van der Waals surface area (Å²) in [6.07, 6.45) is 3.43. The molecule has 25 heavy (non-hydrogen) atoms. The van der Waals surface area contributed by atoms with Gasteiger partial charge in [-0.2, -0.15) is 0 Å². The van der Waals surface area contributed by atoms with Gasteiger partial charge in [-0.3, -0.25) is 9.78 Å². The fourth-order valence-corrected chi connectivity index (χ4v) is 3.31. The number of pyridine rings is 1. The summed E-state index contributed by atoms with van der Waals surface area (Å²) in [6, 6.07) is 11.2. The molecule has 0 saturated carbocycles. The summed E-state index contributed by atoms with van der Waals surface area (Å²) >= 11 is 0. The van der Waals surface area contributed by atoms with E-state index in [4.69, 9.17) is 4.74 Å². The molecule has 0 atom stereocenters. The standard InChI is InChI=1S/C19H17N3O3/c1-25-19(24)13-8-9-20-14-11-15(21-17(13)14)18(23)22-10-4-6-12-5-2-3-7-16(12)22/h2-3,5,7-9,11,21H,4,6,10H2,1H3. The molecular formula is C19H17N3O3. The molecule has 3 heterocycles. The maximum absolute atomic E-state index is 13.0. The van der Waals surface area contributed by atoms with Crippen molar-refractivity contribution in [3.8, 4) is 0 Å². The number of anilines is 1. The fraction of sp³-hybridized carbons (Fsp3) is 0.211. The Kier molecular flexibility index (Phi) is 3.72. The van der Waals surface area contributed by atoms with Crippen LogP contribution in [-0.4, -0.2) is 35.5 Å². The van der Waals surface area contributed by atoms with Gasteiger partial charge in [0.25, 0.3) is 5.91 Å². The third kappa shape index (κ3) is 2.55. The topological polar surface area (TPSA) is 75.3 Å². The highest BCUT2D eigenvalue weighted by molar-refractivity contribution is 6.10. The number of esters is 1. The van der Waals surface area contributed by atoms with Crippen molar-refractivity contribution in [3.63, 3.8) is 0 Å². The maximum atomic E-state index is 13.0. The quantitative estimate of drug-likeness (QED) is 0.731. The molecule has 6 nitrogen and oxygen atoms in total. The monoisotopic (exact) mass is 335 g/mol. The molecule has 0 unspecified atom stereocenters. The Bertz CT molecular complexity index is 977. The summed E-state index contributed by atoms with van der Waals surface area (Å²) in [5.74, 6) is -0.586. The van der Waals surface area contributed by atoms with Gasteiger partial charge < -0.3 is 14.6 Å². The van der Waals surface area contributed by atoms with Crippen molar-refractivity contribution in [1.29, 1.82) is 0 Å². The molecule has 1 aliphatic heterocycles. The summed E-state index contributed by atoms with van der Waals surface area (Å²) < 4.78 is 4.79. The van der Waals surface area contributed by atoms with Gasteiger partial charge in [0, 0.05) is 18.4 Å². The number of hydrogen-bond acceptors (Lipinski definition) is 4. The first-order chi connectivity index (χ1) is 12.2. The van der Waals surface area contributed by atoms with E-state index in [-0.39, 0.29) is 5.91 Å². The van der Waals surface area contributed by atoms with Crippen LogP contribution in [0.1, 0.15) is 32.8 Å². The largest absolute Gasteiger partial charge is 0.465 e. The number of H-pyrrole nitrogens is 1. The summed E-state index contributed by atoms with van der Waals surface area (Å²) in [7, 11) is 1.33. The Morgan fingerprint density at radius 2 is 2.08 bits per heavy atom. The number of rotatable bonds is 2. The second-order valence-corrected chi connectivity index (χ2v) is 5.98. The van der Waals surface area contributed by atoms with Gasteiger partial charge in [0.1, 0.15) is 5.69 Å². The lowest BCUT2D eigenvalue weighted by Gasteiger charge is -2.29. The van der Waals surface area contributed by atoms with Gasteiger partial charge in [-0.15, -0.1) is 0 Å². The Morgan fingerprint density at radius 3 is 2.92 bits per heavy atom. The first-order valence-electron chi connectivity index (χ1n) is 8.15. The molecule has 1 amide bonds. The van der Waals surface area contributed by atoms with Crippen LogP contribution in [-0.2, 0) is 11.2 Å². The van der Waals surface area contributed by atoms with Crippen molar-refractivity contribution in [1.82, 2.24) is 9.97 Å². The Hall–Kier alpha value is -3.15. The minimum absolute atomic E-state index is 0.124. The van der Waals surface area contributed by atoms with Crippen LogP contribution in [0.4, 0.5) is 5.69 Å². The van der Waals surface area contributed by atoms with Crippen LogP contribution in [0.15, 0.2) is 42.6 Å². The van der Waals surface area contributed by atoms with Gasteiger partial charge in [0.05, 0.1) is 23.7 Å². The molecule has 0 saturated heterocycles. The lowest BCUT2D eigenvalue weighted by atomic mass is 10.0. The number of carbonyl (C=O) groups is 2. The van der Waals surface area contributed by atoms with E-state index in [1.54, 1.807) is 17.0 Å². The third-order valence-electron chi connectivity index (χ3n) is 4.51. The Morgan fingerprint density at radius 1 is 1.24 bits per heavy atom. The highest BCUT2D eigenvalue weighted by atomic mass is 16.5.